The standard InChI is InChI=1S/C25H30N6O3/c1-17-9-11-19(12-10-17)28-25(34)27-15-18-6-5-13-30(16-18)24(33)21-14-22(23(26)32)31(29-21)20-7-3-2-4-8-20/h2-4,7-12,18,22H,5-6,13-16H2,1H3,(H2,26,32)(H2,27,28,34). The van der Waals surface area contributed by atoms with Gasteiger partial charge in [0.2, 0.25) is 5.91 Å². The second kappa shape index (κ2) is 10.4. The highest BCUT2D eigenvalue weighted by atomic mass is 16.2. The third-order valence-electron chi connectivity index (χ3n) is 6.17. The molecule has 34 heavy (non-hydrogen) atoms. The molecule has 2 aromatic carbocycles. The molecule has 2 unspecified atom stereocenters. The van der Waals surface area contributed by atoms with Crippen LogP contribution >= 0.6 is 0 Å². The summed E-state index contributed by atoms with van der Waals surface area (Å²) >= 11 is 0. The van der Waals surface area contributed by atoms with Crippen LogP contribution < -0.4 is 21.4 Å². The number of rotatable bonds is 6. The van der Waals surface area contributed by atoms with Crippen molar-refractivity contribution in [3.8, 4) is 0 Å². The summed E-state index contributed by atoms with van der Waals surface area (Å²) < 4.78 is 0. The Kier molecular flexibility index (Phi) is 7.10. The number of likely N-dealkylation sites (tertiary alicyclic amines) is 1. The van der Waals surface area contributed by atoms with Gasteiger partial charge in [-0.25, -0.2) is 4.79 Å². The molecule has 0 aliphatic carbocycles. The zero-order valence-electron chi connectivity index (χ0n) is 19.2. The number of benzene rings is 2. The summed E-state index contributed by atoms with van der Waals surface area (Å²) in [5.74, 6) is -0.560. The number of anilines is 2. The van der Waals surface area contributed by atoms with E-state index in [1.807, 2.05) is 61.5 Å². The lowest BCUT2D eigenvalue weighted by molar-refractivity contribution is -0.125. The van der Waals surface area contributed by atoms with Crippen LogP contribution in [0.5, 0.6) is 0 Å². The van der Waals surface area contributed by atoms with Crippen LogP contribution in [-0.4, -0.2) is 54.1 Å². The lowest BCUT2D eigenvalue weighted by Crippen LogP contribution is -2.46. The summed E-state index contributed by atoms with van der Waals surface area (Å²) in [4.78, 5) is 39.3. The van der Waals surface area contributed by atoms with E-state index in [-0.39, 0.29) is 24.3 Å². The number of nitrogens with one attached hydrogen (secondary N) is 2. The van der Waals surface area contributed by atoms with Crippen molar-refractivity contribution in [2.75, 3.05) is 30.0 Å². The molecule has 9 nitrogen and oxygen atoms in total. The molecule has 2 aliphatic rings. The molecule has 0 radical (unpaired) electrons. The predicted octanol–water partition coefficient (Wildman–Crippen LogP) is 2.48. The molecule has 0 saturated carbocycles. The van der Waals surface area contributed by atoms with Gasteiger partial charge in [0.15, 0.2) is 0 Å². The van der Waals surface area contributed by atoms with E-state index in [0.717, 1.165) is 29.8 Å². The van der Waals surface area contributed by atoms with Gasteiger partial charge in [-0.3, -0.25) is 14.6 Å². The maximum absolute atomic E-state index is 13.2. The lowest BCUT2D eigenvalue weighted by atomic mass is 9.97. The van der Waals surface area contributed by atoms with Gasteiger partial charge in [-0.05, 0) is 49.9 Å². The molecule has 4 N–H and O–H groups in total. The Morgan fingerprint density at radius 1 is 1.09 bits per heavy atom. The summed E-state index contributed by atoms with van der Waals surface area (Å²) in [6, 6.07) is 15.9. The van der Waals surface area contributed by atoms with Gasteiger partial charge in [-0.15, -0.1) is 0 Å². The Balaban J connectivity index is 1.34. The fraction of sp³-hybridized carbons (Fsp3) is 0.360. The predicted molar refractivity (Wildman–Crippen MR) is 131 cm³/mol. The van der Waals surface area contributed by atoms with Crippen LogP contribution in [0.3, 0.4) is 0 Å². The highest BCUT2D eigenvalue weighted by Crippen LogP contribution is 2.26. The van der Waals surface area contributed by atoms with Gasteiger partial charge in [-0.1, -0.05) is 35.9 Å². The maximum atomic E-state index is 13.2. The molecule has 1 saturated heterocycles. The topological polar surface area (TPSA) is 120 Å². The first kappa shape index (κ1) is 23.3. The molecule has 0 spiro atoms. The molecule has 2 heterocycles. The first-order valence-electron chi connectivity index (χ1n) is 11.5. The van der Waals surface area contributed by atoms with Crippen molar-refractivity contribution in [1.82, 2.24) is 10.2 Å². The lowest BCUT2D eigenvalue weighted by Gasteiger charge is -2.32. The minimum absolute atomic E-state index is 0.139. The summed E-state index contributed by atoms with van der Waals surface area (Å²) in [6.45, 7) is 3.60. The number of aryl methyl sites for hydroxylation is 1. The van der Waals surface area contributed by atoms with Crippen molar-refractivity contribution in [1.29, 1.82) is 0 Å². The first-order valence-corrected chi connectivity index (χ1v) is 11.5. The zero-order chi connectivity index (χ0) is 24.1. The molecule has 0 bridgehead atoms. The minimum atomic E-state index is -0.686. The van der Waals surface area contributed by atoms with Gasteiger partial charge in [0.1, 0.15) is 11.8 Å². The van der Waals surface area contributed by atoms with Gasteiger partial charge in [-0.2, -0.15) is 5.10 Å². The van der Waals surface area contributed by atoms with E-state index in [9.17, 15) is 14.4 Å². The number of primary amides is 1. The number of hydrogen-bond donors (Lipinski definition) is 3. The smallest absolute Gasteiger partial charge is 0.319 e. The average Bonchev–Trinajstić information content (AvgIpc) is 3.30. The van der Waals surface area contributed by atoms with Crippen LogP contribution in [-0.2, 0) is 9.59 Å². The van der Waals surface area contributed by atoms with Crippen molar-refractivity contribution in [2.45, 2.75) is 32.2 Å². The quantitative estimate of drug-likeness (QED) is 0.611. The monoisotopic (exact) mass is 462 g/mol. The molecule has 9 heteroatoms. The Morgan fingerprint density at radius 3 is 2.53 bits per heavy atom. The SMILES string of the molecule is Cc1ccc(NC(=O)NCC2CCCN(C(=O)C3=NN(c4ccccc4)C(C(N)=O)C3)C2)cc1. The number of piperidine rings is 1. The number of nitrogens with zero attached hydrogens (tertiary/aromatic N) is 3. The van der Waals surface area contributed by atoms with Crippen molar-refractivity contribution >= 4 is 34.9 Å². The second-order valence-electron chi connectivity index (χ2n) is 8.81. The van der Waals surface area contributed by atoms with Gasteiger partial charge in [0.05, 0.1) is 5.69 Å². The summed E-state index contributed by atoms with van der Waals surface area (Å²) in [5.41, 5.74) is 8.50. The highest BCUT2D eigenvalue weighted by Gasteiger charge is 2.37. The third-order valence-corrected chi connectivity index (χ3v) is 6.17. The molecule has 178 valence electrons. The van der Waals surface area contributed by atoms with E-state index in [4.69, 9.17) is 5.73 Å². The summed E-state index contributed by atoms with van der Waals surface area (Å²) in [5, 5.41) is 11.7. The van der Waals surface area contributed by atoms with Crippen LogP contribution in [0.2, 0.25) is 0 Å². The van der Waals surface area contributed by atoms with E-state index in [0.29, 0.717) is 25.3 Å². The number of urea groups is 1. The van der Waals surface area contributed by atoms with E-state index < -0.39 is 11.9 Å². The summed E-state index contributed by atoms with van der Waals surface area (Å²) in [7, 11) is 0. The molecule has 2 atom stereocenters. The number of amides is 4. The van der Waals surface area contributed by atoms with Gasteiger partial charge in [0.25, 0.3) is 5.91 Å². The van der Waals surface area contributed by atoms with Gasteiger partial charge >= 0.3 is 6.03 Å². The zero-order valence-corrected chi connectivity index (χ0v) is 19.2. The average molecular weight is 463 g/mol. The highest BCUT2D eigenvalue weighted by molar-refractivity contribution is 6.40. The van der Waals surface area contributed by atoms with Crippen LogP contribution in [0.15, 0.2) is 59.7 Å². The number of hydrazone groups is 1. The minimum Gasteiger partial charge on any atom is -0.368 e. The normalized spacial score (nSPS) is 20.0. The van der Waals surface area contributed by atoms with E-state index >= 15 is 0 Å². The Morgan fingerprint density at radius 2 is 1.82 bits per heavy atom. The molecular weight excluding hydrogens is 432 g/mol. The maximum Gasteiger partial charge on any atom is 0.319 e. The fourth-order valence-corrected chi connectivity index (χ4v) is 4.33. The van der Waals surface area contributed by atoms with Gasteiger partial charge < -0.3 is 21.3 Å². The van der Waals surface area contributed by atoms with E-state index in [1.54, 1.807) is 4.90 Å². The van der Waals surface area contributed by atoms with Crippen molar-refractivity contribution < 1.29 is 14.4 Å². The Bertz CT molecular complexity index is 1070. The van der Waals surface area contributed by atoms with Crippen LogP contribution in [0.1, 0.15) is 24.8 Å². The van der Waals surface area contributed by atoms with Crippen molar-refractivity contribution in [2.24, 2.45) is 16.8 Å². The molecule has 0 aromatic heterocycles. The number of carbonyl (C=O) groups is 3. The number of hydrogen-bond acceptors (Lipinski definition) is 5. The molecule has 4 amide bonds. The van der Waals surface area contributed by atoms with Crippen LogP contribution in [0, 0.1) is 12.8 Å². The number of carbonyl (C=O) groups excluding carboxylic acids is 3. The first-order chi connectivity index (χ1) is 16.4. The van der Waals surface area contributed by atoms with E-state index in [2.05, 4.69) is 15.7 Å². The van der Waals surface area contributed by atoms with Gasteiger partial charge in [0, 0.05) is 31.7 Å². The number of nitrogens with two attached hydrogens (primary N) is 1. The molecular formula is C25H30N6O3. The van der Waals surface area contributed by atoms with E-state index in [1.165, 1.54) is 5.01 Å². The number of para-hydroxylation sites is 1. The van der Waals surface area contributed by atoms with Crippen LogP contribution in [0.4, 0.5) is 16.2 Å². The molecule has 1 fully saturated rings. The molecule has 2 aromatic rings. The Labute approximate surface area is 199 Å². The van der Waals surface area contributed by atoms with Crippen molar-refractivity contribution in [3.05, 3.63) is 60.2 Å². The molecule has 4 rings (SSSR count). The fourth-order valence-electron chi connectivity index (χ4n) is 4.33. The Hall–Kier alpha value is -3.88. The van der Waals surface area contributed by atoms with Crippen molar-refractivity contribution in [3.63, 3.8) is 0 Å². The van der Waals surface area contributed by atoms with Crippen LogP contribution in [0.25, 0.3) is 0 Å². The second-order valence-corrected chi connectivity index (χ2v) is 8.81. The summed E-state index contributed by atoms with van der Waals surface area (Å²) in [6.07, 6.45) is 1.94. The molecule has 2 aliphatic heterocycles. The largest absolute Gasteiger partial charge is 0.368 e. The third kappa shape index (κ3) is 5.54.